The Morgan fingerprint density at radius 1 is 1.17 bits per heavy atom. The van der Waals surface area contributed by atoms with Crippen molar-refractivity contribution in [2.24, 2.45) is 0 Å². The van der Waals surface area contributed by atoms with Crippen molar-refractivity contribution >= 4 is 29.4 Å². The lowest BCUT2D eigenvalue weighted by molar-refractivity contribution is -0.123. The summed E-state index contributed by atoms with van der Waals surface area (Å²) in [5, 5.41) is 7.88. The Hall–Kier alpha value is -3.13. The summed E-state index contributed by atoms with van der Waals surface area (Å²) in [7, 11) is 0. The molecule has 5 rings (SSSR count). The zero-order valence-corrected chi connectivity index (χ0v) is 21.9. The standard InChI is InChI=1S/C28H31FN4O2S/c1-17-6-5-7-18(14-17)25-24-26(28(2,3)4)31-33(21-12-8-19(29)9-13-21)27(24)32(23(35)16-36-25)15-22(34)30-20-10-11-20/h5-9,12-14,20,25H,10-11,15-16H2,1-4H3,(H,30,34)/t25-/m0/s1. The third kappa shape index (κ3) is 4.91. The van der Waals surface area contributed by atoms with Crippen LogP contribution in [0.2, 0.25) is 0 Å². The van der Waals surface area contributed by atoms with Gasteiger partial charge in [0.25, 0.3) is 0 Å². The summed E-state index contributed by atoms with van der Waals surface area (Å²) in [6.45, 7) is 8.26. The Labute approximate surface area is 215 Å². The molecular weight excluding hydrogens is 475 g/mol. The molecule has 0 unspecified atom stereocenters. The fraction of sp³-hybridized carbons (Fsp3) is 0.393. The number of nitrogens with zero attached hydrogens (tertiary/aromatic N) is 3. The Balaban J connectivity index is 1.74. The van der Waals surface area contributed by atoms with Gasteiger partial charge in [-0.25, -0.2) is 9.07 Å². The molecule has 1 fully saturated rings. The molecule has 1 aromatic heterocycles. The first-order chi connectivity index (χ1) is 17.1. The number of benzene rings is 2. The molecule has 8 heteroatoms. The van der Waals surface area contributed by atoms with E-state index in [1.54, 1.807) is 33.5 Å². The summed E-state index contributed by atoms with van der Waals surface area (Å²) in [4.78, 5) is 28.1. The van der Waals surface area contributed by atoms with Crippen LogP contribution in [0.3, 0.4) is 0 Å². The molecule has 1 saturated carbocycles. The Morgan fingerprint density at radius 3 is 2.53 bits per heavy atom. The predicted octanol–water partition coefficient (Wildman–Crippen LogP) is 5.07. The highest BCUT2D eigenvalue weighted by molar-refractivity contribution is 8.00. The average molecular weight is 507 g/mol. The van der Waals surface area contributed by atoms with Crippen molar-refractivity contribution in [2.45, 2.75) is 57.2 Å². The van der Waals surface area contributed by atoms with Gasteiger partial charge in [-0.05, 0) is 49.6 Å². The van der Waals surface area contributed by atoms with Gasteiger partial charge in [-0.2, -0.15) is 5.10 Å². The van der Waals surface area contributed by atoms with E-state index >= 15 is 0 Å². The molecule has 2 amide bonds. The van der Waals surface area contributed by atoms with Crippen LogP contribution < -0.4 is 10.2 Å². The average Bonchev–Trinajstić information content (AvgIpc) is 3.56. The molecule has 0 saturated heterocycles. The van der Waals surface area contributed by atoms with Gasteiger partial charge < -0.3 is 5.32 Å². The number of hydrogen-bond donors (Lipinski definition) is 1. The van der Waals surface area contributed by atoms with Crippen molar-refractivity contribution in [3.63, 3.8) is 0 Å². The molecule has 1 atom stereocenters. The van der Waals surface area contributed by atoms with Crippen molar-refractivity contribution in [2.75, 3.05) is 17.2 Å². The highest BCUT2D eigenvalue weighted by atomic mass is 32.2. The van der Waals surface area contributed by atoms with Crippen LogP contribution in [-0.4, -0.2) is 39.9 Å². The number of amides is 2. The fourth-order valence-electron chi connectivity index (χ4n) is 4.58. The van der Waals surface area contributed by atoms with E-state index in [2.05, 4.69) is 51.2 Å². The summed E-state index contributed by atoms with van der Waals surface area (Å²) in [6.07, 6.45) is 1.94. The number of thioether (sulfide) groups is 1. The van der Waals surface area contributed by atoms with E-state index in [4.69, 9.17) is 5.10 Å². The number of rotatable bonds is 5. The van der Waals surface area contributed by atoms with E-state index < -0.39 is 0 Å². The van der Waals surface area contributed by atoms with Crippen LogP contribution in [0, 0.1) is 12.7 Å². The maximum absolute atomic E-state index is 13.8. The van der Waals surface area contributed by atoms with Gasteiger partial charge in [0.15, 0.2) is 0 Å². The smallest absolute Gasteiger partial charge is 0.240 e. The molecular formula is C28H31FN4O2S. The number of aryl methyl sites for hydroxylation is 1. The van der Waals surface area contributed by atoms with E-state index in [0.29, 0.717) is 11.5 Å². The van der Waals surface area contributed by atoms with E-state index in [1.165, 1.54) is 12.1 Å². The van der Waals surface area contributed by atoms with Gasteiger partial charge in [0.1, 0.15) is 18.2 Å². The van der Waals surface area contributed by atoms with Gasteiger partial charge in [-0.3, -0.25) is 14.5 Å². The van der Waals surface area contributed by atoms with E-state index in [9.17, 15) is 14.0 Å². The fourth-order valence-corrected chi connectivity index (χ4v) is 5.76. The third-order valence-electron chi connectivity index (χ3n) is 6.46. The molecule has 0 radical (unpaired) electrons. The van der Waals surface area contributed by atoms with Gasteiger partial charge in [-0.15, -0.1) is 11.8 Å². The van der Waals surface area contributed by atoms with Gasteiger partial charge in [0.2, 0.25) is 11.8 Å². The summed E-state index contributed by atoms with van der Waals surface area (Å²) >= 11 is 1.56. The summed E-state index contributed by atoms with van der Waals surface area (Å²) in [5.74, 6) is 0.139. The normalized spacial score (nSPS) is 18.1. The number of carbonyl (C=O) groups excluding carboxylic acids is 2. The number of carbonyl (C=O) groups is 2. The summed E-state index contributed by atoms with van der Waals surface area (Å²) in [5.41, 5.74) is 4.29. The van der Waals surface area contributed by atoms with Crippen molar-refractivity contribution in [1.82, 2.24) is 15.1 Å². The van der Waals surface area contributed by atoms with Crippen LogP contribution in [0.4, 0.5) is 10.2 Å². The lowest BCUT2D eigenvalue weighted by Crippen LogP contribution is -2.43. The monoisotopic (exact) mass is 506 g/mol. The molecule has 1 N–H and O–H groups in total. The second-order valence-electron chi connectivity index (χ2n) is 10.7. The van der Waals surface area contributed by atoms with Gasteiger partial charge in [0, 0.05) is 17.0 Å². The zero-order chi connectivity index (χ0) is 25.6. The lowest BCUT2D eigenvalue weighted by atomic mass is 9.87. The van der Waals surface area contributed by atoms with Crippen LogP contribution >= 0.6 is 11.8 Å². The second-order valence-corrected chi connectivity index (χ2v) is 11.7. The van der Waals surface area contributed by atoms with Gasteiger partial charge >= 0.3 is 0 Å². The summed E-state index contributed by atoms with van der Waals surface area (Å²) in [6, 6.07) is 14.6. The number of halogens is 1. The van der Waals surface area contributed by atoms with Crippen molar-refractivity contribution in [1.29, 1.82) is 0 Å². The molecule has 1 aliphatic heterocycles. The van der Waals surface area contributed by atoms with Crippen LogP contribution in [-0.2, 0) is 15.0 Å². The highest BCUT2D eigenvalue weighted by Gasteiger charge is 2.40. The molecule has 2 aromatic carbocycles. The maximum atomic E-state index is 13.8. The first kappa shape index (κ1) is 24.6. The molecule has 0 spiro atoms. The van der Waals surface area contributed by atoms with E-state index in [-0.39, 0.29) is 46.6 Å². The lowest BCUT2D eigenvalue weighted by Gasteiger charge is -2.24. The highest BCUT2D eigenvalue weighted by Crippen LogP contribution is 2.48. The molecule has 36 heavy (non-hydrogen) atoms. The minimum absolute atomic E-state index is 0.0834. The minimum atomic E-state index is -0.349. The third-order valence-corrected chi connectivity index (χ3v) is 7.71. The van der Waals surface area contributed by atoms with Crippen LogP contribution in [0.5, 0.6) is 0 Å². The first-order valence-corrected chi connectivity index (χ1v) is 13.3. The topological polar surface area (TPSA) is 67.2 Å². The molecule has 2 aliphatic rings. The number of hydrogen-bond acceptors (Lipinski definition) is 4. The molecule has 1 aliphatic carbocycles. The second kappa shape index (κ2) is 9.39. The zero-order valence-electron chi connectivity index (χ0n) is 21.0. The first-order valence-electron chi connectivity index (χ1n) is 12.3. The molecule has 6 nitrogen and oxygen atoms in total. The van der Waals surface area contributed by atoms with Gasteiger partial charge in [-0.1, -0.05) is 50.6 Å². The molecule has 0 bridgehead atoms. The van der Waals surface area contributed by atoms with E-state index in [0.717, 1.165) is 35.2 Å². The van der Waals surface area contributed by atoms with Gasteiger partial charge in [0.05, 0.1) is 22.4 Å². The quantitative estimate of drug-likeness (QED) is 0.525. The van der Waals surface area contributed by atoms with Crippen LogP contribution in [0.25, 0.3) is 5.69 Å². The minimum Gasteiger partial charge on any atom is -0.352 e. The molecule has 2 heterocycles. The maximum Gasteiger partial charge on any atom is 0.240 e. The van der Waals surface area contributed by atoms with Crippen molar-refractivity contribution in [3.8, 4) is 5.69 Å². The Kier molecular flexibility index (Phi) is 6.41. The number of aromatic nitrogens is 2. The Morgan fingerprint density at radius 2 is 1.89 bits per heavy atom. The van der Waals surface area contributed by atoms with Crippen LogP contribution in [0.1, 0.15) is 61.2 Å². The predicted molar refractivity (Wildman–Crippen MR) is 141 cm³/mol. The van der Waals surface area contributed by atoms with E-state index in [1.807, 2.05) is 6.07 Å². The van der Waals surface area contributed by atoms with Crippen molar-refractivity contribution < 1.29 is 14.0 Å². The summed E-state index contributed by atoms with van der Waals surface area (Å²) < 4.78 is 15.5. The van der Waals surface area contributed by atoms with Crippen molar-refractivity contribution in [3.05, 3.63) is 76.7 Å². The molecule has 188 valence electrons. The number of anilines is 1. The number of nitrogens with one attached hydrogen (secondary N) is 1. The molecule has 3 aromatic rings. The number of fused-ring (bicyclic) bond motifs is 1. The van der Waals surface area contributed by atoms with Crippen LogP contribution in [0.15, 0.2) is 48.5 Å². The SMILES string of the molecule is Cc1cccc([C@@H]2SCC(=O)N(CC(=O)NC3CC3)c3c2c(C(C)(C)C)nn3-c2ccc(F)cc2)c1. The largest absolute Gasteiger partial charge is 0.352 e. The Bertz CT molecular complexity index is 1310.